The molecule has 2 atom stereocenters. The fourth-order valence-electron chi connectivity index (χ4n) is 3.67. The van der Waals surface area contributed by atoms with Crippen LogP contribution >= 0.6 is 0 Å². The Morgan fingerprint density at radius 2 is 2.20 bits per heavy atom. The Hall–Kier alpha value is -0.870. The van der Waals surface area contributed by atoms with Crippen molar-refractivity contribution in [2.45, 2.75) is 70.6 Å². The maximum Gasteiger partial charge on any atom is 0.0765 e. The maximum absolute atomic E-state index is 4.72. The number of rotatable bonds is 4. The number of aromatic nitrogens is 2. The first-order valence-corrected chi connectivity index (χ1v) is 8.25. The Bertz CT molecular complexity index is 420. The minimum atomic E-state index is 0.456. The van der Waals surface area contributed by atoms with Crippen LogP contribution in [0.2, 0.25) is 0 Å². The molecule has 2 saturated heterocycles. The normalized spacial score (nSPS) is 28.4. The summed E-state index contributed by atoms with van der Waals surface area (Å²) in [7, 11) is 0. The van der Waals surface area contributed by atoms with E-state index in [1.807, 2.05) is 0 Å². The van der Waals surface area contributed by atoms with Crippen LogP contribution in [0, 0.1) is 0 Å². The lowest BCUT2D eigenvalue weighted by atomic mass is 9.94. The van der Waals surface area contributed by atoms with Crippen LogP contribution in [0.5, 0.6) is 0 Å². The third-order valence-corrected chi connectivity index (χ3v) is 4.78. The Labute approximate surface area is 122 Å². The van der Waals surface area contributed by atoms with Crippen molar-refractivity contribution in [3.63, 3.8) is 0 Å². The van der Waals surface area contributed by atoms with Crippen LogP contribution in [0.15, 0.2) is 12.3 Å². The molecule has 3 rings (SSSR count). The minimum Gasteiger partial charge on any atom is -0.312 e. The second kappa shape index (κ2) is 6.27. The third kappa shape index (κ3) is 3.07. The molecular formula is C16H28N4. The highest BCUT2D eigenvalue weighted by molar-refractivity contribution is 5.01. The summed E-state index contributed by atoms with van der Waals surface area (Å²) < 4.78 is 2.07. The SMILES string of the molecule is CC(C)n1ccc(CN2CCCCC2C2CCCN2)n1. The van der Waals surface area contributed by atoms with Crippen LogP contribution in [0.4, 0.5) is 0 Å². The smallest absolute Gasteiger partial charge is 0.0765 e. The molecule has 2 aliphatic rings. The maximum atomic E-state index is 4.72. The molecule has 1 aromatic rings. The molecule has 112 valence electrons. The van der Waals surface area contributed by atoms with E-state index < -0.39 is 0 Å². The predicted molar refractivity (Wildman–Crippen MR) is 81.7 cm³/mol. The van der Waals surface area contributed by atoms with Gasteiger partial charge >= 0.3 is 0 Å². The van der Waals surface area contributed by atoms with E-state index in [0.717, 1.165) is 12.6 Å². The number of hydrogen-bond donors (Lipinski definition) is 1. The quantitative estimate of drug-likeness (QED) is 0.917. The van der Waals surface area contributed by atoms with Crippen LogP contribution in [0.25, 0.3) is 0 Å². The molecule has 2 unspecified atom stereocenters. The molecule has 4 heteroatoms. The van der Waals surface area contributed by atoms with Gasteiger partial charge < -0.3 is 5.32 Å². The first-order chi connectivity index (χ1) is 9.74. The van der Waals surface area contributed by atoms with Crippen LogP contribution in [0.3, 0.4) is 0 Å². The molecule has 0 spiro atoms. The average Bonchev–Trinajstić information content (AvgIpc) is 3.10. The largest absolute Gasteiger partial charge is 0.312 e. The fourth-order valence-corrected chi connectivity index (χ4v) is 3.67. The summed E-state index contributed by atoms with van der Waals surface area (Å²) in [5.74, 6) is 0. The van der Waals surface area contributed by atoms with Gasteiger partial charge in [-0.3, -0.25) is 9.58 Å². The average molecular weight is 276 g/mol. The van der Waals surface area contributed by atoms with Crippen molar-refractivity contribution in [1.82, 2.24) is 20.0 Å². The van der Waals surface area contributed by atoms with Gasteiger partial charge in [0.1, 0.15) is 0 Å². The Balaban J connectivity index is 1.66. The molecular weight excluding hydrogens is 248 g/mol. The third-order valence-electron chi connectivity index (χ3n) is 4.78. The van der Waals surface area contributed by atoms with Gasteiger partial charge in [-0.05, 0) is 58.7 Å². The minimum absolute atomic E-state index is 0.456. The lowest BCUT2D eigenvalue weighted by molar-refractivity contribution is 0.110. The first kappa shape index (κ1) is 14.1. The summed E-state index contributed by atoms with van der Waals surface area (Å²) >= 11 is 0. The van der Waals surface area contributed by atoms with Gasteiger partial charge in [-0.1, -0.05) is 6.42 Å². The van der Waals surface area contributed by atoms with Gasteiger partial charge in [0.2, 0.25) is 0 Å². The Morgan fingerprint density at radius 1 is 1.30 bits per heavy atom. The van der Waals surface area contributed by atoms with E-state index in [-0.39, 0.29) is 0 Å². The van der Waals surface area contributed by atoms with E-state index in [0.29, 0.717) is 12.1 Å². The van der Waals surface area contributed by atoms with Crippen LogP contribution < -0.4 is 5.32 Å². The molecule has 20 heavy (non-hydrogen) atoms. The summed E-state index contributed by atoms with van der Waals surface area (Å²) in [6.07, 6.45) is 8.89. The second-order valence-electron chi connectivity index (χ2n) is 6.62. The van der Waals surface area contributed by atoms with Gasteiger partial charge in [-0.25, -0.2) is 0 Å². The number of likely N-dealkylation sites (tertiary alicyclic amines) is 1. The number of nitrogens with one attached hydrogen (secondary N) is 1. The van der Waals surface area contributed by atoms with E-state index in [2.05, 4.69) is 41.0 Å². The zero-order chi connectivity index (χ0) is 13.9. The molecule has 0 aliphatic carbocycles. The number of hydrogen-bond acceptors (Lipinski definition) is 3. The zero-order valence-corrected chi connectivity index (χ0v) is 12.9. The van der Waals surface area contributed by atoms with Crippen molar-refractivity contribution in [2.75, 3.05) is 13.1 Å². The molecule has 0 bridgehead atoms. The number of piperidine rings is 1. The lowest BCUT2D eigenvalue weighted by Crippen LogP contribution is -2.49. The van der Waals surface area contributed by atoms with E-state index in [1.165, 1.54) is 50.9 Å². The standard InChI is InChI=1S/C16H28N4/c1-13(2)20-11-8-14(18-20)12-19-10-4-3-7-16(19)15-6-5-9-17-15/h8,11,13,15-17H,3-7,9-10,12H2,1-2H3. The molecule has 4 nitrogen and oxygen atoms in total. The monoisotopic (exact) mass is 276 g/mol. The van der Waals surface area contributed by atoms with Gasteiger partial charge in [0.15, 0.2) is 0 Å². The van der Waals surface area contributed by atoms with E-state index in [9.17, 15) is 0 Å². The van der Waals surface area contributed by atoms with Crippen molar-refractivity contribution in [1.29, 1.82) is 0 Å². The Kier molecular flexibility index (Phi) is 4.41. The van der Waals surface area contributed by atoms with Crippen LogP contribution in [0.1, 0.15) is 57.7 Å². The van der Waals surface area contributed by atoms with E-state index in [4.69, 9.17) is 5.10 Å². The molecule has 3 heterocycles. The summed E-state index contributed by atoms with van der Waals surface area (Å²) in [5.41, 5.74) is 1.23. The Morgan fingerprint density at radius 3 is 2.90 bits per heavy atom. The second-order valence-corrected chi connectivity index (χ2v) is 6.62. The molecule has 0 radical (unpaired) electrons. The molecule has 2 fully saturated rings. The van der Waals surface area contributed by atoms with Crippen LogP contribution in [-0.2, 0) is 6.54 Å². The van der Waals surface area contributed by atoms with Crippen LogP contribution in [-0.4, -0.2) is 39.9 Å². The van der Waals surface area contributed by atoms with Gasteiger partial charge in [-0.2, -0.15) is 5.10 Å². The highest BCUT2D eigenvalue weighted by Crippen LogP contribution is 2.25. The van der Waals surface area contributed by atoms with E-state index >= 15 is 0 Å². The molecule has 2 aliphatic heterocycles. The van der Waals surface area contributed by atoms with Crippen molar-refractivity contribution in [3.05, 3.63) is 18.0 Å². The predicted octanol–water partition coefficient (Wildman–Crippen LogP) is 2.57. The summed E-state index contributed by atoms with van der Waals surface area (Å²) in [4.78, 5) is 2.67. The zero-order valence-electron chi connectivity index (χ0n) is 12.9. The van der Waals surface area contributed by atoms with Gasteiger partial charge in [0.05, 0.1) is 5.69 Å². The highest BCUT2D eigenvalue weighted by atomic mass is 15.3. The number of nitrogens with zero attached hydrogens (tertiary/aromatic N) is 3. The summed E-state index contributed by atoms with van der Waals surface area (Å²) in [5, 5.41) is 8.42. The van der Waals surface area contributed by atoms with Gasteiger partial charge in [-0.15, -0.1) is 0 Å². The van der Waals surface area contributed by atoms with Gasteiger partial charge in [0, 0.05) is 30.9 Å². The topological polar surface area (TPSA) is 33.1 Å². The highest BCUT2D eigenvalue weighted by Gasteiger charge is 2.31. The lowest BCUT2D eigenvalue weighted by Gasteiger charge is -2.39. The van der Waals surface area contributed by atoms with Crippen molar-refractivity contribution in [2.24, 2.45) is 0 Å². The molecule has 1 aromatic heterocycles. The molecule has 0 saturated carbocycles. The van der Waals surface area contributed by atoms with Crippen molar-refractivity contribution in [3.8, 4) is 0 Å². The fraction of sp³-hybridized carbons (Fsp3) is 0.812. The molecule has 1 N–H and O–H groups in total. The summed E-state index contributed by atoms with van der Waals surface area (Å²) in [6.45, 7) is 7.82. The van der Waals surface area contributed by atoms with Gasteiger partial charge in [0.25, 0.3) is 0 Å². The molecule has 0 aromatic carbocycles. The van der Waals surface area contributed by atoms with Crippen molar-refractivity contribution < 1.29 is 0 Å². The van der Waals surface area contributed by atoms with Crippen molar-refractivity contribution >= 4 is 0 Å². The van der Waals surface area contributed by atoms with E-state index in [1.54, 1.807) is 0 Å². The molecule has 0 amide bonds. The summed E-state index contributed by atoms with van der Waals surface area (Å²) in [6, 6.07) is 4.07. The first-order valence-electron chi connectivity index (χ1n) is 8.25.